The number of nitrogens with zero attached hydrogens (tertiary/aromatic N) is 1. The number of rotatable bonds is 3. The standard InChI is InChI=1S/C13H15ClN4O/c1-13(2,15)12(19)17-11-10(7-16-18-11)8-3-5-9(14)6-4-8/h3-7H,15H2,1-2H3,(H2,16,17,18,19). The molecular weight excluding hydrogens is 264 g/mol. The summed E-state index contributed by atoms with van der Waals surface area (Å²) < 4.78 is 0. The van der Waals surface area contributed by atoms with E-state index in [2.05, 4.69) is 15.5 Å². The van der Waals surface area contributed by atoms with Crippen molar-refractivity contribution in [2.24, 2.45) is 5.73 Å². The Labute approximate surface area is 116 Å². The Morgan fingerprint density at radius 1 is 1.37 bits per heavy atom. The van der Waals surface area contributed by atoms with Gasteiger partial charge < -0.3 is 11.1 Å². The van der Waals surface area contributed by atoms with E-state index in [1.54, 1.807) is 32.2 Å². The number of hydrogen-bond donors (Lipinski definition) is 3. The number of halogens is 1. The fourth-order valence-corrected chi connectivity index (χ4v) is 1.63. The normalized spacial score (nSPS) is 11.4. The van der Waals surface area contributed by atoms with Crippen LogP contribution in [0.5, 0.6) is 0 Å². The summed E-state index contributed by atoms with van der Waals surface area (Å²) in [7, 11) is 0. The number of nitrogens with one attached hydrogen (secondary N) is 2. The van der Waals surface area contributed by atoms with E-state index in [0.29, 0.717) is 10.8 Å². The number of carbonyl (C=O) groups is 1. The maximum Gasteiger partial charge on any atom is 0.245 e. The average molecular weight is 279 g/mol. The molecule has 0 atom stereocenters. The van der Waals surface area contributed by atoms with Crippen molar-refractivity contribution in [3.8, 4) is 11.1 Å². The third kappa shape index (κ3) is 3.13. The molecule has 2 aromatic rings. The van der Waals surface area contributed by atoms with Crippen LogP contribution in [0.3, 0.4) is 0 Å². The molecule has 1 aromatic carbocycles. The number of aromatic nitrogens is 2. The van der Waals surface area contributed by atoms with Gasteiger partial charge in [-0.2, -0.15) is 5.10 Å². The lowest BCUT2D eigenvalue weighted by atomic mass is 10.1. The average Bonchev–Trinajstić information content (AvgIpc) is 2.77. The smallest absolute Gasteiger partial charge is 0.245 e. The van der Waals surface area contributed by atoms with Crippen LogP contribution in [-0.2, 0) is 4.79 Å². The number of benzene rings is 1. The Hall–Kier alpha value is -1.85. The van der Waals surface area contributed by atoms with E-state index in [-0.39, 0.29) is 5.91 Å². The third-order valence-electron chi connectivity index (χ3n) is 2.62. The van der Waals surface area contributed by atoms with Gasteiger partial charge in [0.25, 0.3) is 0 Å². The molecule has 1 amide bonds. The number of nitrogens with two attached hydrogens (primary N) is 1. The summed E-state index contributed by atoms with van der Waals surface area (Å²) in [6, 6.07) is 7.28. The van der Waals surface area contributed by atoms with Gasteiger partial charge in [-0.25, -0.2) is 0 Å². The lowest BCUT2D eigenvalue weighted by Gasteiger charge is -2.17. The first-order valence-electron chi connectivity index (χ1n) is 5.77. The van der Waals surface area contributed by atoms with Crippen LogP contribution in [-0.4, -0.2) is 21.6 Å². The zero-order valence-electron chi connectivity index (χ0n) is 10.7. The van der Waals surface area contributed by atoms with E-state index in [1.165, 1.54) is 0 Å². The van der Waals surface area contributed by atoms with Gasteiger partial charge in [0.1, 0.15) is 5.82 Å². The number of carbonyl (C=O) groups excluding carboxylic acids is 1. The van der Waals surface area contributed by atoms with Crippen molar-refractivity contribution in [2.45, 2.75) is 19.4 Å². The van der Waals surface area contributed by atoms with Crippen LogP contribution in [0.1, 0.15) is 13.8 Å². The lowest BCUT2D eigenvalue weighted by molar-refractivity contribution is -0.120. The number of amides is 1. The molecule has 0 radical (unpaired) electrons. The van der Waals surface area contributed by atoms with Gasteiger partial charge in [-0.15, -0.1) is 0 Å². The molecule has 0 aliphatic rings. The van der Waals surface area contributed by atoms with Gasteiger partial charge >= 0.3 is 0 Å². The van der Waals surface area contributed by atoms with E-state index in [4.69, 9.17) is 17.3 Å². The Kier molecular flexibility index (Phi) is 3.59. The number of anilines is 1. The van der Waals surface area contributed by atoms with E-state index in [9.17, 15) is 4.79 Å². The molecule has 0 aliphatic heterocycles. The molecule has 2 rings (SSSR count). The third-order valence-corrected chi connectivity index (χ3v) is 2.87. The van der Waals surface area contributed by atoms with Crippen LogP contribution < -0.4 is 11.1 Å². The molecule has 100 valence electrons. The summed E-state index contributed by atoms with van der Waals surface area (Å²) >= 11 is 5.85. The zero-order chi connectivity index (χ0) is 14.0. The van der Waals surface area contributed by atoms with Gasteiger partial charge in [-0.1, -0.05) is 23.7 Å². The maximum absolute atomic E-state index is 11.9. The summed E-state index contributed by atoms with van der Waals surface area (Å²) in [5.41, 5.74) is 6.48. The molecule has 0 unspecified atom stereocenters. The van der Waals surface area contributed by atoms with Crippen molar-refractivity contribution < 1.29 is 4.79 Å². The Balaban J connectivity index is 2.28. The van der Waals surface area contributed by atoms with Crippen LogP contribution in [0.25, 0.3) is 11.1 Å². The molecule has 1 heterocycles. The van der Waals surface area contributed by atoms with Crippen molar-refractivity contribution in [3.05, 3.63) is 35.5 Å². The summed E-state index contributed by atoms with van der Waals surface area (Å²) in [5, 5.41) is 10.1. The molecule has 0 fully saturated rings. The van der Waals surface area contributed by atoms with Crippen LogP contribution in [0.2, 0.25) is 5.02 Å². The van der Waals surface area contributed by atoms with Crippen LogP contribution in [0, 0.1) is 0 Å². The van der Waals surface area contributed by atoms with Crippen molar-refractivity contribution >= 4 is 23.3 Å². The van der Waals surface area contributed by atoms with Crippen molar-refractivity contribution in [1.29, 1.82) is 0 Å². The Morgan fingerprint density at radius 2 is 2.00 bits per heavy atom. The number of hydrogen-bond acceptors (Lipinski definition) is 3. The van der Waals surface area contributed by atoms with E-state index >= 15 is 0 Å². The summed E-state index contributed by atoms with van der Waals surface area (Å²) in [4.78, 5) is 11.9. The van der Waals surface area contributed by atoms with Gasteiger partial charge in [0.05, 0.1) is 11.7 Å². The molecule has 0 saturated carbocycles. The molecule has 1 aromatic heterocycles. The highest BCUT2D eigenvalue weighted by Crippen LogP contribution is 2.27. The molecule has 4 N–H and O–H groups in total. The largest absolute Gasteiger partial charge is 0.318 e. The molecule has 0 bridgehead atoms. The highest BCUT2D eigenvalue weighted by molar-refractivity contribution is 6.30. The molecule has 0 aliphatic carbocycles. The number of H-pyrrole nitrogens is 1. The van der Waals surface area contributed by atoms with E-state index in [1.807, 2.05) is 12.1 Å². The monoisotopic (exact) mass is 278 g/mol. The zero-order valence-corrected chi connectivity index (χ0v) is 11.5. The first kappa shape index (κ1) is 13.6. The first-order valence-corrected chi connectivity index (χ1v) is 6.15. The molecule has 19 heavy (non-hydrogen) atoms. The second-order valence-corrected chi connectivity index (χ2v) is 5.28. The second kappa shape index (κ2) is 5.03. The van der Waals surface area contributed by atoms with Crippen molar-refractivity contribution in [2.75, 3.05) is 5.32 Å². The van der Waals surface area contributed by atoms with Gasteiger partial charge in [0, 0.05) is 10.6 Å². The van der Waals surface area contributed by atoms with E-state index < -0.39 is 5.54 Å². The maximum atomic E-state index is 11.9. The summed E-state index contributed by atoms with van der Waals surface area (Å²) in [5.74, 6) is 0.234. The predicted molar refractivity (Wildman–Crippen MR) is 75.9 cm³/mol. The minimum absolute atomic E-state index is 0.285. The molecular formula is C13H15ClN4O. The SMILES string of the molecule is CC(C)(N)C(=O)Nc1[nH]ncc1-c1ccc(Cl)cc1. The molecule has 6 heteroatoms. The topological polar surface area (TPSA) is 83.8 Å². The van der Waals surface area contributed by atoms with Crippen LogP contribution >= 0.6 is 11.6 Å². The van der Waals surface area contributed by atoms with Crippen molar-refractivity contribution in [3.63, 3.8) is 0 Å². The first-order chi connectivity index (χ1) is 8.88. The fourth-order valence-electron chi connectivity index (χ4n) is 1.50. The van der Waals surface area contributed by atoms with E-state index in [0.717, 1.165) is 11.1 Å². The Bertz CT molecular complexity index is 583. The van der Waals surface area contributed by atoms with Gasteiger partial charge in [-0.3, -0.25) is 9.89 Å². The summed E-state index contributed by atoms with van der Waals surface area (Å²) in [6.45, 7) is 3.28. The van der Waals surface area contributed by atoms with Crippen LogP contribution in [0.15, 0.2) is 30.5 Å². The molecule has 0 saturated heterocycles. The summed E-state index contributed by atoms with van der Waals surface area (Å²) in [6.07, 6.45) is 1.64. The predicted octanol–water partition coefficient (Wildman–Crippen LogP) is 2.41. The Morgan fingerprint density at radius 3 is 2.58 bits per heavy atom. The van der Waals surface area contributed by atoms with Crippen LogP contribution in [0.4, 0.5) is 5.82 Å². The van der Waals surface area contributed by atoms with Gasteiger partial charge in [0.2, 0.25) is 5.91 Å². The lowest BCUT2D eigenvalue weighted by Crippen LogP contribution is -2.45. The second-order valence-electron chi connectivity index (χ2n) is 4.84. The highest BCUT2D eigenvalue weighted by atomic mass is 35.5. The highest BCUT2D eigenvalue weighted by Gasteiger charge is 2.23. The fraction of sp³-hybridized carbons (Fsp3) is 0.231. The minimum Gasteiger partial charge on any atom is -0.318 e. The quantitative estimate of drug-likeness (QED) is 0.806. The molecule has 5 nitrogen and oxygen atoms in total. The minimum atomic E-state index is -0.956. The van der Waals surface area contributed by atoms with Gasteiger partial charge in [0.15, 0.2) is 0 Å². The molecule has 0 spiro atoms. The number of aromatic amines is 1. The van der Waals surface area contributed by atoms with Crippen molar-refractivity contribution in [1.82, 2.24) is 10.2 Å². The van der Waals surface area contributed by atoms with Gasteiger partial charge in [-0.05, 0) is 31.5 Å².